The highest BCUT2D eigenvalue weighted by Gasteiger charge is 2.14. The van der Waals surface area contributed by atoms with E-state index in [2.05, 4.69) is 12.0 Å². The molecule has 102 valence electrons. The molecule has 16 heavy (non-hydrogen) atoms. The van der Waals surface area contributed by atoms with Crippen LogP contribution in [0.3, 0.4) is 0 Å². The summed E-state index contributed by atoms with van der Waals surface area (Å²) in [6.07, 6.45) is 4.20. The lowest BCUT2D eigenvalue weighted by molar-refractivity contribution is 0.460. The van der Waals surface area contributed by atoms with Gasteiger partial charge in [-0.15, -0.1) is 12.4 Å². The van der Waals surface area contributed by atoms with Crippen LogP contribution in [0.25, 0.3) is 0 Å². The molecule has 0 heterocycles. The fourth-order valence-electron chi connectivity index (χ4n) is 0.738. The Morgan fingerprint density at radius 3 is 2.00 bits per heavy atom. The van der Waals surface area contributed by atoms with Gasteiger partial charge in [-0.05, 0) is 25.8 Å². The van der Waals surface area contributed by atoms with Crippen LogP contribution in [0.15, 0.2) is 0 Å². The molecular formula is C10H28ClN2O2P. The summed E-state index contributed by atoms with van der Waals surface area (Å²) < 4.78 is 11.2. The maximum absolute atomic E-state index is 11.2. The van der Waals surface area contributed by atoms with Gasteiger partial charge < -0.3 is 10.6 Å². The van der Waals surface area contributed by atoms with Gasteiger partial charge in [0.05, 0.1) is 0 Å². The van der Waals surface area contributed by atoms with Crippen molar-refractivity contribution in [1.29, 1.82) is 0 Å². The van der Waals surface area contributed by atoms with Crippen LogP contribution in [0.2, 0.25) is 0 Å². The number of rotatable bonds is 7. The van der Waals surface area contributed by atoms with Crippen molar-refractivity contribution in [2.75, 3.05) is 19.3 Å². The first-order valence-electron chi connectivity index (χ1n) is 5.81. The number of hydrogen-bond acceptors (Lipinski definition) is 2. The third-order valence-electron chi connectivity index (χ3n) is 1.71. The van der Waals surface area contributed by atoms with E-state index in [1.54, 1.807) is 0 Å². The quantitative estimate of drug-likeness (QED) is 0.624. The molecule has 0 aliphatic rings. The van der Waals surface area contributed by atoms with E-state index in [1.165, 1.54) is 0 Å². The standard InChI is InChI=1S/C7H18NO2P.C3H9N.ClH/c1-3-5-7-11(9,10)8-6-4-2;1-2-3-4;/h3-7H2,1-2H3,(H2,8,9,10);2-4H2,1H3;1H. The molecule has 0 bridgehead atoms. The zero-order valence-electron chi connectivity index (χ0n) is 10.7. The van der Waals surface area contributed by atoms with E-state index in [0.717, 1.165) is 32.2 Å². The van der Waals surface area contributed by atoms with Crippen LogP contribution in [0.1, 0.15) is 46.5 Å². The molecule has 0 aliphatic heterocycles. The van der Waals surface area contributed by atoms with E-state index in [4.69, 9.17) is 5.73 Å². The fraction of sp³-hybridized carbons (Fsp3) is 1.00. The Morgan fingerprint density at radius 2 is 1.69 bits per heavy atom. The minimum Gasteiger partial charge on any atom is -0.333 e. The highest BCUT2D eigenvalue weighted by Crippen LogP contribution is 2.35. The molecule has 4 N–H and O–H groups in total. The third kappa shape index (κ3) is 19.9. The Labute approximate surface area is 106 Å². The Hall–Kier alpha value is 0.400. The van der Waals surface area contributed by atoms with Crippen LogP contribution in [-0.4, -0.2) is 24.1 Å². The molecule has 0 saturated carbocycles. The second kappa shape index (κ2) is 15.4. The van der Waals surface area contributed by atoms with Gasteiger partial charge in [0.2, 0.25) is 0 Å². The molecule has 0 aliphatic carbocycles. The molecule has 1 atom stereocenters. The zero-order chi connectivity index (χ0) is 12.2. The van der Waals surface area contributed by atoms with Crippen molar-refractivity contribution in [2.24, 2.45) is 5.73 Å². The van der Waals surface area contributed by atoms with Gasteiger partial charge in [0.1, 0.15) is 0 Å². The average Bonchev–Trinajstić information content (AvgIpc) is 2.24. The minimum absolute atomic E-state index is 0. The Kier molecular flexibility index (Phi) is 20.8. The Morgan fingerprint density at radius 1 is 1.19 bits per heavy atom. The van der Waals surface area contributed by atoms with Gasteiger partial charge in [-0.2, -0.15) is 0 Å². The van der Waals surface area contributed by atoms with Crippen molar-refractivity contribution in [3.05, 3.63) is 0 Å². The van der Waals surface area contributed by atoms with Gasteiger partial charge in [-0.1, -0.05) is 27.2 Å². The van der Waals surface area contributed by atoms with E-state index in [-0.39, 0.29) is 12.4 Å². The summed E-state index contributed by atoms with van der Waals surface area (Å²) in [7, 11) is -2.98. The van der Waals surface area contributed by atoms with Gasteiger partial charge in [0.25, 0.3) is 7.52 Å². The van der Waals surface area contributed by atoms with Crippen molar-refractivity contribution in [2.45, 2.75) is 46.5 Å². The first kappa shape index (κ1) is 21.7. The molecule has 4 nitrogen and oxygen atoms in total. The molecule has 0 radical (unpaired) electrons. The predicted octanol–water partition coefficient (Wildman–Crippen LogP) is 2.75. The molecule has 0 aromatic heterocycles. The predicted molar refractivity (Wildman–Crippen MR) is 74.5 cm³/mol. The summed E-state index contributed by atoms with van der Waals surface area (Å²) in [5.74, 6) is 0. The van der Waals surface area contributed by atoms with Crippen LogP contribution in [-0.2, 0) is 4.57 Å². The average molecular weight is 275 g/mol. The van der Waals surface area contributed by atoms with E-state index >= 15 is 0 Å². The number of nitrogens with two attached hydrogens (primary N) is 1. The molecule has 0 amide bonds. The summed E-state index contributed by atoms with van der Waals surface area (Å²) in [4.78, 5) is 9.22. The minimum atomic E-state index is -2.98. The zero-order valence-corrected chi connectivity index (χ0v) is 12.4. The Balaban J connectivity index is -0.000000292. The highest BCUT2D eigenvalue weighted by atomic mass is 35.5. The Bertz CT molecular complexity index is 157. The van der Waals surface area contributed by atoms with Crippen LogP contribution >= 0.6 is 19.9 Å². The second-order valence-electron chi connectivity index (χ2n) is 3.48. The highest BCUT2D eigenvalue weighted by molar-refractivity contribution is 7.55. The van der Waals surface area contributed by atoms with Crippen molar-refractivity contribution in [1.82, 2.24) is 5.09 Å². The maximum Gasteiger partial charge on any atom is 0.267 e. The summed E-state index contributed by atoms with van der Waals surface area (Å²) >= 11 is 0. The summed E-state index contributed by atoms with van der Waals surface area (Å²) in [5.41, 5.74) is 5.03. The summed E-state index contributed by atoms with van der Waals surface area (Å²) in [6, 6.07) is 0. The lowest BCUT2D eigenvalue weighted by Crippen LogP contribution is -2.13. The number of hydrogen-bond donors (Lipinski definition) is 3. The first-order valence-corrected chi connectivity index (χ1v) is 7.65. The number of unbranched alkanes of at least 4 members (excludes halogenated alkanes) is 1. The number of halogens is 1. The molecule has 0 aromatic rings. The smallest absolute Gasteiger partial charge is 0.267 e. The lowest BCUT2D eigenvalue weighted by Gasteiger charge is -2.11. The monoisotopic (exact) mass is 274 g/mol. The normalized spacial score (nSPS) is 13.1. The van der Waals surface area contributed by atoms with Crippen LogP contribution in [0.4, 0.5) is 0 Å². The van der Waals surface area contributed by atoms with Crippen LogP contribution in [0, 0.1) is 0 Å². The van der Waals surface area contributed by atoms with Gasteiger partial charge in [0, 0.05) is 12.7 Å². The molecule has 0 aromatic carbocycles. The van der Waals surface area contributed by atoms with E-state index in [0.29, 0.717) is 12.7 Å². The largest absolute Gasteiger partial charge is 0.333 e. The van der Waals surface area contributed by atoms with Gasteiger partial charge in [0.15, 0.2) is 0 Å². The molecule has 0 saturated heterocycles. The van der Waals surface area contributed by atoms with Crippen molar-refractivity contribution in [3.63, 3.8) is 0 Å². The molecule has 6 heteroatoms. The lowest BCUT2D eigenvalue weighted by atomic mass is 10.4. The van der Waals surface area contributed by atoms with Crippen LogP contribution in [0.5, 0.6) is 0 Å². The summed E-state index contributed by atoms with van der Waals surface area (Å²) in [5, 5.41) is 2.65. The molecule has 1 unspecified atom stereocenters. The third-order valence-corrected chi connectivity index (χ3v) is 3.35. The summed E-state index contributed by atoms with van der Waals surface area (Å²) in [6.45, 7) is 7.50. The van der Waals surface area contributed by atoms with E-state index in [9.17, 15) is 9.46 Å². The van der Waals surface area contributed by atoms with Gasteiger partial charge in [-0.25, -0.2) is 5.09 Å². The molecule has 0 fully saturated rings. The van der Waals surface area contributed by atoms with Crippen molar-refractivity contribution < 1.29 is 9.46 Å². The first-order chi connectivity index (χ1) is 7.04. The van der Waals surface area contributed by atoms with Crippen molar-refractivity contribution >= 4 is 19.9 Å². The maximum atomic E-state index is 11.2. The van der Waals surface area contributed by atoms with E-state index < -0.39 is 7.52 Å². The number of nitrogens with one attached hydrogen (secondary N) is 1. The second-order valence-corrected chi connectivity index (χ2v) is 5.64. The molecular weight excluding hydrogens is 247 g/mol. The molecule has 0 spiro atoms. The SMILES string of the molecule is CCCCP(=O)(O)NCCC.CCCN.Cl. The van der Waals surface area contributed by atoms with E-state index in [1.807, 2.05) is 13.8 Å². The van der Waals surface area contributed by atoms with Crippen molar-refractivity contribution in [3.8, 4) is 0 Å². The van der Waals surface area contributed by atoms with Gasteiger partial charge in [-0.3, -0.25) is 4.57 Å². The fourth-order valence-corrected chi connectivity index (χ4v) is 2.21. The van der Waals surface area contributed by atoms with Crippen LogP contribution < -0.4 is 10.8 Å². The topological polar surface area (TPSA) is 75.3 Å². The van der Waals surface area contributed by atoms with Gasteiger partial charge >= 0.3 is 0 Å². The molecule has 0 rings (SSSR count).